The van der Waals surface area contributed by atoms with Gasteiger partial charge in [-0.25, -0.2) is 0 Å². The number of hydrogen-bond donors (Lipinski definition) is 3. The van der Waals surface area contributed by atoms with Crippen LogP contribution in [0, 0.1) is 0 Å². The molecule has 20 heavy (non-hydrogen) atoms. The first-order valence-electron chi connectivity index (χ1n) is 6.25. The summed E-state index contributed by atoms with van der Waals surface area (Å²) in [4.78, 5) is 12.1. The molecule has 0 aliphatic carbocycles. The maximum Gasteiger partial charge on any atom is 0.197 e. The lowest BCUT2D eigenvalue weighted by molar-refractivity contribution is 0.452. The summed E-state index contributed by atoms with van der Waals surface area (Å²) in [5.74, 6) is -0.566. The van der Waals surface area contributed by atoms with E-state index in [1.54, 1.807) is 0 Å². The minimum absolute atomic E-state index is 0.0122. The zero-order valence-electron chi connectivity index (χ0n) is 11.1. The van der Waals surface area contributed by atoms with Crippen molar-refractivity contribution in [2.24, 2.45) is 0 Å². The van der Waals surface area contributed by atoms with Gasteiger partial charge in [0.25, 0.3) is 0 Å². The molecule has 1 heterocycles. The van der Waals surface area contributed by atoms with Gasteiger partial charge in [-0.05, 0) is 24.2 Å². The van der Waals surface area contributed by atoms with Crippen LogP contribution in [0.1, 0.15) is 1.37 Å². The summed E-state index contributed by atoms with van der Waals surface area (Å²) in [5.41, 5.74) is -0.159. The number of fused-ring (bicyclic) bond motifs is 1. The lowest BCUT2D eigenvalue weighted by atomic mass is 10.1. The highest BCUT2D eigenvalue weighted by Crippen LogP contribution is 2.30. The van der Waals surface area contributed by atoms with Crippen molar-refractivity contribution >= 4 is 11.0 Å². The molecule has 3 N–H and O–H groups in total. The van der Waals surface area contributed by atoms with Gasteiger partial charge in [0.15, 0.2) is 5.43 Å². The van der Waals surface area contributed by atoms with Gasteiger partial charge in [0.2, 0.25) is 0 Å². The summed E-state index contributed by atoms with van der Waals surface area (Å²) >= 11 is 0. The number of phenols is 3. The molecular weight excluding hydrogens is 260 g/mol. The van der Waals surface area contributed by atoms with Crippen molar-refractivity contribution in [2.45, 2.75) is 0 Å². The van der Waals surface area contributed by atoms with Gasteiger partial charge < -0.3 is 19.7 Å². The molecule has 0 bridgehead atoms. The van der Waals surface area contributed by atoms with Gasteiger partial charge in [0.05, 0.1) is 1.37 Å². The summed E-state index contributed by atoms with van der Waals surface area (Å²) in [6.07, 6.45) is 0. The van der Waals surface area contributed by atoms with E-state index in [2.05, 4.69) is 0 Å². The third-order valence-electron chi connectivity index (χ3n) is 2.86. The largest absolute Gasteiger partial charge is 0.508 e. The first-order valence-corrected chi connectivity index (χ1v) is 5.75. The van der Waals surface area contributed by atoms with E-state index >= 15 is 0 Å². The van der Waals surface area contributed by atoms with E-state index in [0.29, 0.717) is 5.56 Å². The molecule has 0 radical (unpaired) electrons. The van der Waals surface area contributed by atoms with Crippen LogP contribution in [0.25, 0.3) is 22.3 Å². The molecular formula is C15H10O5. The predicted octanol–water partition coefficient (Wildman–Crippen LogP) is 2.58. The summed E-state index contributed by atoms with van der Waals surface area (Å²) in [7, 11) is 0. The zero-order valence-corrected chi connectivity index (χ0v) is 10.1. The Bertz CT molecular complexity index is 914. The monoisotopic (exact) mass is 271 g/mol. The van der Waals surface area contributed by atoms with Crippen LogP contribution < -0.4 is 5.43 Å². The SMILES string of the molecule is [2H]c1cc(O)ccc1-c1cc(=O)c2c(O)cc(O)cc2o1. The second-order valence-corrected chi connectivity index (χ2v) is 4.27. The van der Waals surface area contributed by atoms with Crippen LogP contribution in [0.15, 0.2) is 51.7 Å². The van der Waals surface area contributed by atoms with Gasteiger partial charge >= 0.3 is 0 Å². The zero-order chi connectivity index (χ0) is 15.1. The van der Waals surface area contributed by atoms with E-state index in [1.807, 2.05) is 0 Å². The lowest BCUT2D eigenvalue weighted by Crippen LogP contribution is -2.00. The van der Waals surface area contributed by atoms with Gasteiger partial charge in [-0.1, -0.05) is 0 Å². The second-order valence-electron chi connectivity index (χ2n) is 4.27. The van der Waals surface area contributed by atoms with Crippen molar-refractivity contribution in [1.29, 1.82) is 0 Å². The topological polar surface area (TPSA) is 90.9 Å². The standard InChI is InChI=1S/C15H10O5/c16-9-3-1-8(2-4-9)13-7-12(19)15-11(18)5-10(17)6-14(15)20-13/h1-7,16-18H/i1D. The van der Waals surface area contributed by atoms with Gasteiger partial charge in [-0.15, -0.1) is 0 Å². The van der Waals surface area contributed by atoms with E-state index < -0.39 is 5.43 Å². The van der Waals surface area contributed by atoms with E-state index in [4.69, 9.17) is 5.79 Å². The molecule has 2 aromatic carbocycles. The van der Waals surface area contributed by atoms with E-state index in [-0.39, 0.29) is 40.0 Å². The van der Waals surface area contributed by atoms with Crippen LogP contribution in [0.2, 0.25) is 0 Å². The maximum atomic E-state index is 12.1. The summed E-state index contributed by atoms with van der Waals surface area (Å²) in [5, 5.41) is 28.4. The Morgan fingerprint density at radius 1 is 1.00 bits per heavy atom. The molecule has 0 unspecified atom stereocenters. The molecule has 0 saturated heterocycles. The number of aromatic hydroxyl groups is 3. The Hall–Kier alpha value is -2.95. The first kappa shape index (κ1) is 10.9. The second kappa shape index (κ2) is 4.31. The molecule has 0 spiro atoms. The molecule has 3 aromatic rings. The van der Waals surface area contributed by atoms with Crippen LogP contribution in [-0.4, -0.2) is 15.3 Å². The highest BCUT2D eigenvalue weighted by atomic mass is 16.3. The molecule has 100 valence electrons. The van der Waals surface area contributed by atoms with Crippen LogP contribution in [0.5, 0.6) is 17.2 Å². The quantitative estimate of drug-likeness (QED) is 0.632. The molecule has 0 saturated carbocycles. The summed E-state index contributed by atoms with van der Waals surface area (Å²) in [6, 6.07) is 7.45. The van der Waals surface area contributed by atoms with E-state index in [1.165, 1.54) is 24.3 Å². The van der Waals surface area contributed by atoms with Crippen LogP contribution in [0.3, 0.4) is 0 Å². The maximum absolute atomic E-state index is 12.1. The molecule has 0 atom stereocenters. The molecule has 0 aliphatic rings. The fraction of sp³-hybridized carbons (Fsp3) is 0. The smallest absolute Gasteiger partial charge is 0.197 e. The fourth-order valence-electron chi connectivity index (χ4n) is 1.96. The van der Waals surface area contributed by atoms with Gasteiger partial charge in [-0.3, -0.25) is 4.79 Å². The Labute approximate surface area is 114 Å². The van der Waals surface area contributed by atoms with E-state index in [0.717, 1.165) is 12.1 Å². The van der Waals surface area contributed by atoms with E-state index in [9.17, 15) is 20.1 Å². The Morgan fingerprint density at radius 3 is 2.55 bits per heavy atom. The Kier molecular flexibility index (Phi) is 2.35. The summed E-state index contributed by atoms with van der Waals surface area (Å²) < 4.78 is 13.3. The third-order valence-corrected chi connectivity index (χ3v) is 2.86. The van der Waals surface area contributed by atoms with Crippen LogP contribution >= 0.6 is 0 Å². The highest BCUT2D eigenvalue weighted by molar-refractivity contribution is 5.85. The van der Waals surface area contributed by atoms with Crippen molar-refractivity contribution < 1.29 is 21.1 Å². The molecule has 0 aliphatic heterocycles. The van der Waals surface area contributed by atoms with Crippen molar-refractivity contribution in [2.75, 3.05) is 0 Å². The third kappa shape index (κ3) is 1.95. The lowest BCUT2D eigenvalue weighted by Gasteiger charge is -2.05. The summed E-state index contributed by atoms with van der Waals surface area (Å²) in [6.45, 7) is 0. The molecule has 0 fully saturated rings. The van der Waals surface area contributed by atoms with Crippen molar-refractivity contribution in [3.8, 4) is 28.6 Å². The van der Waals surface area contributed by atoms with Crippen molar-refractivity contribution in [1.82, 2.24) is 0 Å². The van der Waals surface area contributed by atoms with Gasteiger partial charge in [0.1, 0.15) is 34.0 Å². The average Bonchev–Trinajstić information content (AvgIpc) is 2.36. The molecule has 1 aromatic heterocycles. The van der Waals surface area contributed by atoms with Gasteiger partial charge in [0, 0.05) is 23.8 Å². The number of hydrogen-bond acceptors (Lipinski definition) is 5. The molecule has 3 rings (SSSR count). The molecule has 5 heteroatoms. The first-order chi connectivity index (χ1) is 9.95. The van der Waals surface area contributed by atoms with Crippen LogP contribution in [-0.2, 0) is 0 Å². The molecule has 5 nitrogen and oxygen atoms in total. The Morgan fingerprint density at radius 2 is 1.80 bits per heavy atom. The number of rotatable bonds is 1. The Balaban J connectivity index is 2.32. The van der Waals surface area contributed by atoms with Crippen molar-refractivity contribution in [3.05, 3.63) is 52.7 Å². The predicted molar refractivity (Wildman–Crippen MR) is 72.9 cm³/mol. The van der Waals surface area contributed by atoms with Crippen LogP contribution in [0.4, 0.5) is 0 Å². The minimum atomic E-state index is -0.490. The van der Waals surface area contributed by atoms with Crippen molar-refractivity contribution in [3.63, 3.8) is 0 Å². The minimum Gasteiger partial charge on any atom is -0.508 e. The number of benzene rings is 2. The normalized spacial score (nSPS) is 11.5. The number of phenolic OH excluding ortho intramolecular Hbond substituents is 3. The fourth-order valence-corrected chi connectivity index (χ4v) is 1.96. The highest BCUT2D eigenvalue weighted by Gasteiger charge is 2.11. The average molecular weight is 271 g/mol. The van der Waals surface area contributed by atoms with Gasteiger partial charge in [-0.2, -0.15) is 0 Å². The molecule has 0 amide bonds.